The van der Waals surface area contributed by atoms with Gasteiger partial charge in [-0.1, -0.05) is 6.58 Å². The van der Waals surface area contributed by atoms with Crippen molar-refractivity contribution in [1.29, 1.82) is 0 Å². The van der Waals surface area contributed by atoms with E-state index in [0.717, 1.165) is 6.08 Å². The van der Waals surface area contributed by atoms with Gasteiger partial charge in [0.15, 0.2) is 0 Å². The second-order valence-corrected chi connectivity index (χ2v) is 5.87. The standard InChI is InChI=1S/C16H19F3N2O3/c1-4-14(22)21(12-6-11(7-12)16(17,18)19)9-10-5-13(15(23)24-3)20(2)8-10/h4-5,8,11-12H,1,6-7,9H2,2-3H3. The number of ether oxygens (including phenoxy) is 1. The predicted octanol–water partition coefficient (Wildman–Crippen LogP) is 2.67. The van der Waals surface area contributed by atoms with Crippen molar-refractivity contribution in [2.75, 3.05) is 7.11 Å². The molecule has 0 unspecified atom stereocenters. The number of aromatic nitrogens is 1. The first-order valence-electron chi connectivity index (χ1n) is 7.40. The molecule has 0 aliphatic heterocycles. The van der Waals surface area contributed by atoms with Crippen LogP contribution < -0.4 is 0 Å². The van der Waals surface area contributed by atoms with E-state index in [-0.39, 0.29) is 19.4 Å². The van der Waals surface area contributed by atoms with Crippen molar-refractivity contribution in [1.82, 2.24) is 9.47 Å². The molecule has 24 heavy (non-hydrogen) atoms. The largest absolute Gasteiger partial charge is 0.464 e. The van der Waals surface area contributed by atoms with E-state index in [1.165, 1.54) is 12.0 Å². The Balaban J connectivity index is 2.12. The van der Waals surface area contributed by atoms with Crippen molar-refractivity contribution < 1.29 is 27.5 Å². The van der Waals surface area contributed by atoms with Gasteiger partial charge in [0.1, 0.15) is 5.69 Å². The first-order valence-corrected chi connectivity index (χ1v) is 7.40. The van der Waals surface area contributed by atoms with Gasteiger partial charge in [-0.3, -0.25) is 4.79 Å². The summed E-state index contributed by atoms with van der Waals surface area (Å²) in [7, 11) is 2.91. The number of carbonyl (C=O) groups excluding carboxylic acids is 2. The van der Waals surface area contributed by atoms with Crippen LogP contribution in [0.3, 0.4) is 0 Å². The lowest BCUT2D eigenvalue weighted by molar-refractivity contribution is -0.207. The Morgan fingerprint density at radius 1 is 1.46 bits per heavy atom. The molecule has 0 saturated heterocycles. The van der Waals surface area contributed by atoms with Crippen LogP contribution in [0.4, 0.5) is 13.2 Å². The minimum Gasteiger partial charge on any atom is -0.464 e. The Labute approximate surface area is 137 Å². The van der Waals surface area contributed by atoms with Crippen LogP contribution in [-0.4, -0.2) is 40.7 Å². The number of carbonyl (C=O) groups is 2. The molecule has 1 aromatic heterocycles. The number of aryl methyl sites for hydroxylation is 1. The minimum absolute atomic E-state index is 0.111. The smallest absolute Gasteiger partial charge is 0.391 e. The molecule has 0 N–H and O–H groups in total. The number of rotatable bonds is 5. The van der Waals surface area contributed by atoms with Crippen LogP contribution in [-0.2, 0) is 23.1 Å². The Bertz CT molecular complexity index is 645. The molecular formula is C16H19F3N2O3. The van der Waals surface area contributed by atoms with Gasteiger partial charge in [0.05, 0.1) is 13.0 Å². The molecule has 1 aliphatic rings. The third kappa shape index (κ3) is 3.63. The third-order valence-corrected chi connectivity index (χ3v) is 4.28. The van der Waals surface area contributed by atoms with Crippen molar-refractivity contribution in [3.63, 3.8) is 0 Å². The molecule has 8 heteroatoms. The van der Waals surface area contributed by atoms with Gasteiger partial charge in [-0.2, -0.15) is 13.2 Å². The lowest BCUT2D eigenvalue weighted by atomic mass is 9.78. The number of esters is 1. The molecule has 132 valence electrons. The molecule has 1 amide bonds. The maximum absolute atomic E-state index is 12.7. The van der Waals surface area contributed by atoms with Crippen LogP contribution in [0.1, 0.15) is 28.9 Å². The predicted molar refractivity (Wildman–Crippen MR) is 80.1 cm³/mol. The van der Waals surface area contributed by atoms with Gasteiger partial charge >= 0.3 is 12.1 Å². The van der Waals surface area contributed by atoms with E-state index in [2.05, 4.69) is 11.3 Å². The van der Waals surface area contributed by atoms with Gasteiger partial charge in [-0.25, -0.2) is 4.79 Å². The SMILES string of the molecule is C=CC(=O)N(Cc1cc(C(=O)OC)n(C)c1)C1CC(C(F)(F)F)C1. The summed E-state index contributed by atoms with van der Waals surface area (Å²) in [4.78, 5) is 25.0. The molecule has 1 saturated carbocycles. The zero-order valence-electron chi connectivity index (χ0n) is 13.5. The van der Waals surface area contributed by atoms with Gasteiger partial charge in [0.25, 0.3) is 0 Å². The molecule has 0 spiro atoms. The average Bonchev–Trinajstić information content (AvgIpc) is 2.82. The second-order valence-electron chi connectivity index (χ2n) is 5.87. The molecule has 0 atom stereocenters. The summed E-state index contributed by atoms with van der Waals surface area (Å²) in [5.41, 5.74) is 0.948. The van der Waals surface area contributed by atoms with E-state index in [4.69, 9.17) is 0 Å². The normalized spacial score (nSPS) is 20.2. The molecule has 1 aliphatic carbocycles. The van der Waals surface area contributed by atoms with Gasteiger partial charge in [0.2, 0.25) is 5.91 Å². The number of amides is 1. The molecule has 1 fully saturated rings. The highest BCUT2D eigenvalue weighted by Gasteiger charge is 2.50. The van der Waals surface area contributed by atoms with Crippen molar-refractivity contribution in [2.45, 2.75) is 31.6 Å². The summed E-state index contributed by atoms with van der Waals surface area (Å²) in [5, 5.41) is 0. The molecular weight excluding hydrogens is 325 g/mol. The topological polar surface area (TPSA) is 51.5 Å². The van der Waals surface area contributed by atoms with Crippen LogP contribution in [0.5, 0.6) is 0 Å². The van der Waals surface area contributed by atoms with Crippen LogP contribution in [0.2, 0.25) is 0 Å². The van der Waals surface area contributed by atoms with Gasteiger partial charge in [0, 0.05) is 25.8 Å². The highest BCUT2D eigenvalue weighted by Crippen LogP contribution is 2.43. The first-order chi connectivity index (χ1) is 11.2. The monoisotopic (exact) mass is 344 g/mol. The van der Waals surface area contributed by atoms with Crippen LogP contribution in [0, 0.1) is 5.92 Å². The number of hydrogen-bond donors (Lipinski definition) is 0. The first kappa shape index (κ1) is 18.1. The molecule has 1 aromatic rings. The second kappa shape index (κ2) is 6.70. The van der Waals surface area contributed by atoms with Crippen LogP contribution in [0.15, 0.2) is 24.9 Å². The van der Waals surface area contributed by atoms with E-state index in [0.29, 0.717) is 11.3 Å². The van der Waals surface area contributed by atoms with Gasteiger partial charge in [-0.15, -0.1) is 0 Å². The van der Waals surface area contributed by atoms with Crippen LogP contribution in [0.25, 0.3) is 0 Å². The zero-order valence-corrected chi connectivity index (χ0v) is 13.5. The lowest BCUT2D eigenvalue weighted by Crippen LogP contribution is -2.50. The highest BCUT2D eigenvalue weighted by atomic mass is 19.4. The average molecular weight is 344 g/mol. The minimum atomic E-state index is -4.23. The molecule has 2 rings (SSSR count). The highest BCUT2D eigenvalue weighted by molar-refractivity contribution is 5.88. The van der Waals surface area contributed by atoms with E-state index < -0.39 is 30.0 Å². The molecule has 0 bridgehead atoms. The summed E-state index contributed by atoms with van der Waals surface area (Å²) in [6, 6.07) is 1.08. The number of alkyl halides is 3. The van der Waals surface area contributed by atoms with Crippen molar-refractivity contribution in [3.8, 4) is 0 Å². The number of nitrogens with zero attached hydrogens (tertiary/aromatic N) is 2. The zero-order chi connectivity index (χ0) is 18.1. The number of halogens is 3. The molecule has 0 radical (unpaired) electrons. The summed E-state index contributed by atoms with van der Waals surface area (Å²) in [6.45, 7) is 3.52. The summed E-state index contributed by atoms with van der Waals surface area (Å²) >= 11 is 0. The molecule has 0 aromatic carbocycles. The van der Waals surface area contributed by atoms with Crippen molar-refractivity contribution in [3.05, 3.63) is 36.2 Å². The van der Waals surface area contributed by atoms with Gasteiger partial charge in [-0.05, 0) is 30.5 Å². The Kier molecular flexibility index (Phi) is 5.05. The van der Waals surface area contributed by atoms with E-state index in [1.807, 2.05) is 0 Å². The Hall–Kier alpha value is -2.25. The Morgan fingerprint density at radius 3 is 2.58 bits per heavy atom. The van der Waals surface area contributed by atoms with Crippen molar-refractivity contribution >= 4 is 11.9 Å². The van der Waals surface area contributed by atoms with Crippen molar-refractivity contribution in [2.24, 2.45) is 13.0 Å². The lowest BCUT2D eigenvalue weighted by Gasteiger charge is -2.43. The fourth-order valence-electron chi connectivity index (χ4n) is 2.84. The van der Waals surface area contributed by atoms with E-state index in [9.17, 15) is 22.8 Å². The fraction of sp³-hybridized carbons (Fsp3) is 0.500. The van der Waals surface area contributed by atoms with Gasteiger partial charge < -0.3 is 14.2 Å². The molecule has 1 heterocycles. The van der Waals surface area contributed by atoms with E-state index >= 15 is 0 Å². The number of hydrogen-bond acceptors (Lipinski definition) is 3. The summed E-state index contributed by atoms with van der Waals surface area (Å²) in [5.74, 6) is -2.32. The summed E-state index contributed by atoms with van der Waals surface area (Å²) < 4.78 is 44.2. The fourth-order valence-corrected chi connectivity index (χ4v) is 2.84. The third-order valence-electron chi connectivity index (χ3n) is 4.28. The molecule has 5 nitrogen and oxygen atoms in total. The Morgan fingerprint density at radius 2 is 2.08 bits per heavy atom. The quantitative estimate of drug-likeness (QED) is 0.610. The summed E-state index contributed by atoms with van der Waals surface area (Å²) in [6.07, 6.45) is -1.72. The van der Waals surface area contributed by atoms with Crippen LogP contribution >= 0.6 is 0 Å². The van der Waals surface area contributed by atoms with E-state index in [1.54, 1.807) is 23.9 Å². The maximum atomic E-state index is 12.7. The number of methoxy groups -OCH3 is 1. The maximum Gasteiger partial charge on any atom is 0.391 e.